The molecule has 2 unspecified atom stereocenters. The van der Waals surface area contributed by atoms with Crippen LogP contribution in [0.5, 0.6) is 0 Å². The summed E-state index contributed by atoms with van der Waals surface area (Å²) < 4.78 is 37.3. The summed E-state index contributed by atoms with van der Waals surface area (Å²) in [6.45, 7) is 2.44. The number of hydrogen-bond donors (Lipinski definition) is 1. The van der Waals surface area contributed by atoms with Crippen molar-refractivity contribution in [2.45, 2.75) is 19.1 Å². The SMILES string of the molecule is Cc1cc(F)c(C(O)C2COCCO2)cc1F. The molecular formula is C12H14F2O3. The molecule has 0 spiro atoms. The van der Waals surface area contributed by atoms with Crippen molar-refractivity contribution < 1.29 is 23.4 Å². The minimum absolute atomic E-state index is 0.0939. The molecule has 1 aromatic rings. The van der Waals surface area contributed by atoms with Crippen LogP contribution in [0.25, 0.3) is 0 Å². The van der Waals surface area contributed by atoms with E-state index in [2.05, 4.69) is 0 Å². The summed E-state index contributed by atoms with van der Waals surface area (Å²) in [5, 5.41) is 9.93. The number of aryl methyl sites for hydroxylation is 1. The predicted molar refractivity (Wildman–Crippen MR) is 56.6 cm³/mol. The molecule has 94 valence electrons. The minimum Gasteiger partial charge on any atom is -0.385 e. The zero-order chi connectivity index (χ0) is 12.4. The van der Waals surface area contributed by atoms with Crippen LogP contribution in [0.15, 0.2) is 12.1 Å². The van der Waals surface area contributed by atoms with Crippen LogP contribution in [0.4, 0.5) is 8.78 Å². The summed E-state index contributed by atoms with van der Waals surface area (Å²) in [6, 6.07) is 2.07. The molecule has 3 nitrogen and oxygen atoms in total. The van der Waals surface area contributed by atoms with Gasteiger partial charge in [0.2, 0.25) is 0 Å². The van der Waals surface area contributed by atoms with Crippen LogP contribution in [-0.4, -0.2) is 31.0 Å². The molecule has 1 heterocycles. The fourth-order valence-electron chi connectivity index (χ4n) is 1.78. The van der Waals surface area contributed by atoms with Crippen LogP contribution in [0.3, 0.4) is 0 Å². The van der Waals surface area contributed by atoms with Gasteiger partial charge < -0.3 is 14.6 Å². The fraction of sp³-hybridized carbons (Fsp3) is 0.500. The Kier molecular flexibility index (Phi) is 3.71. The van der Waals surface area contributed by atoms with E-state index in [0.717, 1.165) is 12.1 Å². The fourth-order valence-corrected chi connectivity index (χ4v) is 1.78. The minimum atomic E-state index is -1.22. The number of rotatable bonds is 2. The quantitative estimate of drug-likeness (QED) is 0.861. The van der Waals surface area contributed by atoms with Crippen LogP contribution >= 0.6 is 0 Å². The Bertz CT molecular complexity index is 403. The molecule has 1 aromatic carbocycles. The molecule has 0 amide bonds. The van der Waals surface area contributed by atoms with Crippen LogP contribution < -0.4 is 0 Å². The van der Waals surface area contributed by atoms with Crippen molar-refractivity contribution >= 4 is 0 Å². The maximum Gasteiger partial charge on any atom is 0.129 e. The topological polar surface area (TPSA) is 38.7 Å². The molecule has 2 atom stereocenters. The highest BCUT2D eigenvalue weighted by Crippen LogP contribution is 2.25. The van der Waals surface area contributed by atoms with Gasteiger partial charge in [-0.25, -0.2) is 8.78 Å². The van der Waals surface area contributed by atoms with Crippen LogP contribution in [0.1, 0.15) is 17.2 Å². The van der Waals surface area contributed by atoms with E-state index in [1.807, 2.05) is 0 Å². The van der Waals surface area contributed by atoms with Crippen molar-refractivity contribution in [1.82, 2.24) is 0 Å². The maximum atomic E-state index is 13.6. The van der Waals surface area contributed by atoms with Gasteiger partial charge in [0.1, 0.15) is 23.8 Å². The largest absolute Gasteiger partial charge is 0.385 e. The van der Waals surface area contributed by atoms with Gasteiger partial charge in [-0.1, -0.05) is 0 Å². The number of ether oxygens (including phenoxy) is 2. The van der Waals surface area contributed by atoms with Crippen molar-refractivity contribution in [3.05, 3.63) is 34.9 Å². The second-order valence-corrected chi connectivity index (χ2v) is 4.05. The van der Waals surface area contributed by atoms with E-state index in [1.54, 1.807) is 0 Å². The molecular weight excluding hydrogens is 230 g/mol. The van der Waals surface area contributed by atoms with Crippen LogP contribution in [0.2, 0.25) is 0 Å². The van der Waals surface area contributed by atoms with Gasteiger partial charge in [-0.05, 0) is 24.6 Å². The average molecular weight is 244 g/mol. The second-order valence-electron chi connectivity index (χ2n) is 4.05. The van der Waals surface area contributed by atoms with Gasteiger partial charge >= 0.3 is 0 Å². The van der Waals surface area contributed by atoms with Gasteiger partial charge in [0.25, 0.3) is 0 Å². The van der Waals surface area contributed by atoms with Gasteiger partial charge in [0.05, 0.1) is 19.8 Å². The van der Waals surface area contributed by atoms with E-state index in [-0.39, 0.29) is 17.7 Å². The number of hydrogen-bond acceptors (Lipinski definition) is 3. The molecule has 1 aliphatic heterocycles. The van der Waals surface area contributed by atoms with Gasteiger partial charge in [-0.3, -0.25) is 0 Å². The Morgan fingerprint density at radius 3 is 2.71 bits per heavy atom. The number of halogens is 2. The Hall–Kier alpha value is -1.04. The lowest BCUT2D eigenvalue weighted by Gasteiger charge is -2.27. The lowest BCUT2D eigenvalue weighted by molar-refractivity contribution is -0.134. The lowest BCUT2D eigenvalue weighted by Crippen LogP contribution is -2.34. The predicted octanol–water partition coefficient (Wildman–Crippen LogP) is 1.72. The summed E-state index contributed by atoms with van der Waals surface area (Å²) in [5.74, 6) is -1.18. The zero-order valence-electron chi connectivity index (χ0n) is 9.45. The second kappa shape index (κ2) is 5.08. The first kappa shape index (κ1) is 12.4. The summed E-state index contributed by atoms with van der Waals surface area (Å²) in [4.78, 5) is 0. The van der Waals surface area contributed by atoms with E-state index in [1.165, 1.54) is 6.92 Å². The summed E-state index contributed by atoms with van der Waals surface area (Å²) in [7, 11) is 0. The summed E-state index contributed by atoms with van der Waals surface area (Å²) in [5.41, 5.74) is 0.114. The highest BCUT2D eigenvalue weighted by molar-refractivity contribution is 5.27. The first-order valence-electron chi connectivity index (χ1n) is 5.42. The molecule has 5 heteroatoms. The average Bonchev–Trinajstić information content (AvgIpc) is 2.34. The molecule has 1 aliphatic rings. The third-order valence-corrected chi connectivity index (χ3v) is 2.79. The Labute approximate surface area is 98.0 Å². The molecule has 0 saturated carbocycles. The normalized spacial score (nSPS) is 22.5. The molecule has 2 rings (SSSR count). The van der Waals surface area contributed by atoms with E-state index >= 15 is 0 Å². The molecule has 0 radical (unpaired) electrons. The van der Waals surface area contributed by atoms with Gasteiger partial charge in [0.15, 0.2) is 0 Å². The number of aliphatic hydroxyl groups is 1. The molecule has 0 aromatic heterocycles. The summed E-state index contributed by atoms with van der Waals surface area (Å²) >= 11 is 0. The first-order chi connectivity index (χ1) is 8.09. The molecule has 0 aliphatic carbocycles. The third-order valence-electron chi connectivity index (χ3n) is 2.79. The van der Waals surface area contributed by atoms with Gasteiger partial charge in [-0.2, -0.15) is 0 Å². The molecule has 0 bridgehead atoms. The summed E-state index contributed by atoms with van der Waals surface area (Å²) in [6.07, 6.45) is -1.87. The van der Waals surface area contributed by atoms with Crippen LogP contribution in [-0.2, 0) is 9.47 Å². The van der Waals surface area contributed by atoms with Crippen molar-refractivity contribution in [2.24, 2.45) is 0 Å². The van der Waals surface area contributed by atoms with Crippen molar-refractivity contribution in [3.8, 4) is 0 Å². The Morgan fingerprint density at radius 2 is 2.06 bits per heavy atom. The highest BCUT2D eigenvalue weighted by Gasteiger charge is 2.27. The monoisotopic (exact) mass is 244 g/mol. The molecule has 1 saturated heterocycles. The maximum absolute atomic E-state index is 13.6. The smallest absolute Gasteiger partial charge is 0.129 e. The highest BCUT2D eigenvalue weighted by atomic mass is 19.1. The van der Waals surface area contributed by atoms with E-state index in [4.69, 9.17) is 9.47 Å². The van der Waals surface area contributed by atoms with Crippen molar-refractivity contribution in [1.29, 1.82) is 0 Å². The van der Waals surface area contributed by atoms with E-state index < -0.39 is 23.8 Å². The van der Waals surface area contributed by atoms with Crippen molar-refractivity contribution in [2.75, 3.05) is 19.8 Å². The molecule has 17 heavy (non-hydrogen) atoms. The zero-order valence-corrected chi connectivity index (χ0v) is 9.45. The molecule has 1 fully saturated rings. The van der Waals surface area contributed by atoms with Crippen molar-refractivity contribution in [3.63, 3.8) is 0 Å². The molecule has 1 N–H and O–H groups in total. The standard InChI is InChI=1S/C12H14F2O3/c1-7-4-10(14)8(5-9(7)13)12(15)11-6-16-2-3-17-11/h4-5,11-12,15H,2-3,6H2,1H3. The first-order valence-corrected chi connectivity index (χ1v) is 5.42. The number of aliphatic hydroxyl groups excluding tert-OH is 1. The Morgan fingerprint density at radius 1 is 1.29 bits per heavy atom. The van der Waals surface area contributed by atoms with Gasteiger partial charge in [-0.15, -0.1) is 0 Å². The lowest BCUT2D eigenvalue weighted by atomic mass is 10.0. The van der Waals surface area contributed by atoms with E-state index in [9.17, 15) is 13.9 Å². The van der Waals surface area contributed by atoms with Crippen LogP contribution in [0, 0.1) is 18.6 Å². The number of benzene rings is 1. The van der Waals surface area contributed by atoms with Gasteiger partial charge in [0, 0.05) is 5.56 Å². The Balaban J connectivity index is 2.23. The van der Waals surface area contributed by atoms with E-state index in [0.29, 0.717) is 13.2 Å². The third kappa shape index (κ3) is 2.62.